The van der Waals surface area contributed by atoms with Gasteiger partial charge in [0.05, 0.1) is 25.2 Å². The molecule has 2 aliphatic rings. The summed E-state index contributed by atoms with van der Waals surface area (Å²) in [6.45, 7) is 3.85. The molecule has 0 aromatic heterocycles. The van der Waals surface area contributed by atoms with Crippen molar-refractivity contribution in [3.8, 4) is 0 Å². The summed E-state index contributed by atoms with van der Waals surface area (Å²) in [5.74, 6) is 0.247. The summed E-state index contributed by atoms with van der Waals surface area (Å²) in [5.41, 5.74) is 1.29. The molecule has 1 saturated carbocycles. The van der Waals surface area contributed by atoms with E-state index in [4.69, 9.17) is 4.74 Å². The number of rotatable bonds is 6. The number of aliphatic hydroxyl groups is 1. The van der Waals surface area contributed by atoms with Crippen LogP contribution in [0, 0.1) is 5.92 Å². The Morgan fingerprint density at radius 2 is 2.12 bits per heavy atom. The first-order valence-corrected chi connectivity index (χ1v) is 9.03. The lowest BCUT2D eigenvalue weighted by molar-refractivity contribution is -0.126. The minimum atomic E-state index is -0.252. The summed E-state index contributed by atoms with van der Waals surface area (Å²) >= 11 is 0. The van der Waals surface area contributed by atoms with Crippen molar-refractivity contribution in [2.24, 2.45) is 5.92 Å². The van der Waals surface area contributed by atoms with Crippen molar-refractivity contribution in [1.82, 2.24) is 10.2 Å². The highest BCUT2D eigenvalue weighted by atomic mass is 16.5. The molecular formula is C19H28N2O3. The van der Waals surface area contributed by atoms with Gasteiger partial charge in [-0.1, -0.05) is 36.8 Å². The fourth-order valence-corrected chi connectivity index (χ4v) is 3.67. The van der Waals surface area contributed by atoms with Gasteiger partial charge in [0.2, 0.25) is 5.91 Å². The molecule has 1 aromatic rings. The lowest BCUT2D eigenvalue weighted by Crippen LogP contribution is -2.44. The molecule has 5 heteroatoms. The number of amides is 1. The average Bonchev–Trinajstić information content (AvgIpc) is 2.99. The second-order valence-corrected chi connectivity index (χ2v) is 6.98. The molecule has 0 bridgehead atoms. The number of carbonyl (C=O) groups excluding carboxylic acids is 1. The number of nitrogens with zero attached hydrogens (tertiary/aromatic N) is 1. The predicted molar refractivity (Wildman–Crippen MR) is 92.4 cm³/mol. The van der Waals surface area contributed by atoms with E-state index in [1.807, 2.05) is 6.07 Å². The monoisotopic (exact) mass is 332 g/mol. The minimum absolute atomic E-state index is 0.0284. The first kappa shape index (κ1) is 17.4. The number of benzene rings is 1. The summed E-state index contributed by atoms with van der Waals surface area (Å²) in [5, 5.41) is 12.8. The fourth-order valence-electron chi connectivity index (χ4n) is 3.67. The second-order valence-electron chi connectivity index (χ2n) is 6.98. The van der Waals surface area contributed by atoms with E-state index in [1.165, 1.54) is 5.56 Å². The minimum Gasteiger partial charge on any atom is -0.393 e. The topological polar surface area (TPSA) is 61.8 Å². The van der Waals surface area contributed by atoms with Crippen molar-refractivity contribution in [3.05, 3.63) is 35.9 Å². The van der Waals surface area contributed by atoms with Crippen molar-refractivity contribution in [2.75, 3.05) is 26.2 Å². The smallest absolute Gasteiger partial charge is 0.222 e. The number of morpholine rings is 1. The molecule has 0 spiro atoms. The summed E-state index contributed by atoms with van der Waals surface area (Å²) in [6.07, 6.45) is 3.02. The van der Waals surface area contributed by atoms with Crippen LogP contribution >= 0.6 is 0 Å². The normalized spacial score (nSPS) is 28.0. The zero-order valence-corrected chi connectivity index (χ0v) is 14.2. The maximum absolute atomic E-state index is 12.1. The van der Waals surface area contributed by atoms with Crippen molar-refractivity contribution in [1.29, 1.82) is 0 Å². The largest absolute Gasteiger partial charge is 0.393 e. The van der Waals surface area contributed by atoms with Gasteiger partial charge < -0.3 is 15.2 Å². The number of nitrogens with one attached hydrogen (secondary N) is 1. The van der Waals surface area contributed by atoms with E-state index in [-0.39, 0.29) is 24.0 Å². The molecule has 3 unspecified atom stereocenters. The predicted octanol–water partition coefficient (Wildman–Crippen LogP) is 1.55. The Morgan fingerprint density at radius 1 is 1.29 bits per heavy atom. The zero-order chi connectivity index (χ0) is 16.8. The third-order valence-corrected chi connectivity index (χ3v) is 5.07. The summed E-state index contributed by atoms with van der Waals surface area (Å²) in [6, 6.07) is 10.4. The Bertz CT molecular complexity index is 523. The van der Waals surface area contributed by atoms with Crippen molar-refractivity contribution < 1.29 is 14.6 Å². The van der Waals surface area contributed by atoms with Crippen molar-refractivity contribution >= 4 is 5.91 Å². The molecule has 1 aromatic carbocycles. The number of aliphatic hydroxyl groups excluding tert-OH is 1. The van der Waals surface area contributed by atoms with Crippen LogP contribution in [0.5, 0.6) is 0 Å². The molecule has 5 nitrogen and oxygen atoms in total. The van der Waals surface area contributed by atoms with Crippen molar-refractivity contribution in [2.45, 2.75) is 44.4 Å². The molecule has 1 saturated heterocycles. The van der Waals surface area contributed by atoms with Crippen LogP contribution < -0.4 is 5.32 Å². The van der Waals surface area contributed by atoms with Crippen LogP contribution in [0.15, 0.2) is 30.3 Å². The van der Waals surface area contributed by atoms with Gasteiger partial charge in [0.25, 0.3) is 0 Å². The van der Waals surface area contributed by atoms with Crippen molar-refractivity contribution in [3.63, 3.8) is 0 Å². The van der Waals surface area contributed by atoms with Gasteiger partial charge in [-0.05, 0) is 18.4 Å². The second kappa shape index (κ2) is 8.60. The van der Waals surface area contributed by atoms with E-state index in [2.05, 4.69) is 34.5 Å². The van der Waals surface area contributed by atoms with Crippen LogP contribution in [0.3, 0.4) is 0 Å². The molecule has 3 atom stereocenters. The highest BCUT2D eigenvalue weighted by Gasteiger charge is 2.27. The number of carbonyl (C=O) groups is 1. The number of hydrogen-bond donors (Lipinski definition) is 2. The Labute approximate surface area is 144 Å². The lowest BCUT2D eigenvalue weighted by Gasteiger charge is -2.32. The average molecular weight is 332 g/mol. The molecule has 1 amide bonds. The molecule has 1 heterocycles. The van der Waals surface area contributed by atoms with E-state index in [1.54, 1.807) is 0 Å². The van der Waals surface area contributed by atoms with Gasteiger partial charge in [-0.3, -0.25) is 9.69 Å². The molecule has 1 aliphatic carbocycles. The van der Waals surface area contributed by atoms with E-state index in [0.29, 0.717) is 19.6 Å². The fraction of sp³-hybridized carbons (Fsp3) is 0.632. The summed E-state index contributed by atoms with van der Waals surface area (Å²) in [4.78, 5) is 14.5. The Hall–Kier alpha value is -1.43. The first-order valence-electron chi connectivity index (χ1n) is 9.03. The van der Waals surface area contributed by atoms with Gasteiger partial charge in [0, 0.05) is 32.1 Å². The van der Waals surface area contributed by atoms with E-state index in [0.717, 1.165) is 38.9 Å². The lowest BCUT2D eigenvalue weighted by atomic mass is 10.1. The van der Waals surface area contributed by atoms with Gasteiger partial charge in [-0.15, -0.1) is 0 Å². The van der Waals surface area contributed by atoms with Gasteiger partial charge in [-0.2, -0.15) is 0 Å². The van der Waals surface area contributed by atoms with Crippen LogP contribution in [-0.2, 0) is 16.1 Å². The van der Waals surface area contributed by atoms with E-state index < -0.39 is 0 Å². The van der Waals surface area contributed by atoms with Gasteiger partial charge >= 0.3 is 0 Å². The molecule has 132 valence electrons. The zero-order valence-electron chi connectivity index (χ0n) is 14.2. The molecule has 2 fully saturated rings. The van der Waals surface area contributed by atoms with Gasteiger partial charge in [0.1, 0.15) is 0 Å². The number of hydrogen-bond acceptors (Lipinski definition) is 4. The Balaban J connectivity index is 1.40. The summed E-state index contributed by atoms with van der Waals surface area (Å²) < 4.78 is 5.76. The van der Waals surface area contributed by atoms with Crippen LogP contribution in [0.4, 0.5) is 0 Å². The van der Waals surface area contributed by atoms with E-state index >= 15 is 0 Å². The molecule has 24 heavy (non-hydrogen) atoms. The van der Waals surface area contributed by atoms with Gasteiger partial charge in [0.15, 0.2) is 0 Å². The van der Waals surface area contributed by atoms with Crippen LogP contribution in [0.1, 0.15) is 31.2 Å². The Kier molecular flexibility index (Phi) is 6.24. The SMILES string of the molecule is O=C(CC1CN(Cc2ccccc2)CCO1)NCC1CCCC1O. The van der Waals surface area contributed by atoms with E-state index in [9.17, 15) is 9.90 Å². The highest BCUT2D eigenvalue weighted by Crippen LogP contribution is 2.24. The van der Waals surface area contributed by atoms with Crippen LogP contribution in [0.25, 0.3) is 0 Å². The Morgan fingerprint density at radius 3 is 2.88 bits per heavy atom. The molecule has 1 aliphatic heterocycles. The molecule has 3 rings (SSSR count). The maximum Gasteiger partial charge on any atom is 0.222 e. The molecule has 2 N–H and O–H groups in total. The van der Waals surface area contributed by atoms with Gasteiger partial charge in [-0.25, -0.2) is 0 Å². The van der Waals surface area contributed by atoms with Crippen LogP contribution in [-0.4, -0.2) is 54.4 Å². The quantitative estimate of drug-likeness (QED) is 0.830. The molecule has 0 radical (unpaired) electrons. The standard InChI is InChI=1S/C19H28N2O3/c22-18-8-4-7-16(18)12-20-19(23)11-17-14-21(9-10-24-17)13-15-5-2-1-3-6-15/h1-3,5-6,16-18,22H,4,7-14H2,(H,20,23). The third kappa shape index (κ3) is 5.03. The van der Waals surface area contributed by atoms with Crippen LogP contribution in [0.2, 0.25) is 0 Å². The maximum atomic E-state index is 12.1. The molecular weight excluding hydrogens is 304 g/mol. The number of ether oxygens (including phenoxy) is 1. The summed E-state index contributed by atoms with van der Waals surface area (Å²) in [7, 11) is 0. The third-order valence-electron chi connectivity index (χ3n) is 5.07. The highest BCUT2D eigenvalue weighted by molar-refractivity contribution is 5.76. The first-order chi connectivity index (χ1) is 11.7.